The van der Waals surface area contributed by atoms with Crippen molar-refractivity contribution in [2.24, 2.45) is 0 Å². The largest absolute Gasteiger partial charge is 0.545 e. The topological polar surface area (TPSA) is 111 Å². The minimum atomic E-state index is -1.62. The first kappa shape index (κ1) is 64.7. The van der Waals surface area contributed by atoms with Gasteiger partial charge in [-0.05, 0) is 64.2 Å². The number of rotatable bonds is 50. The quantitative estimate of drug-likeness (QED) is 0.0195. The van der Waals surface area contributed by atoms with Gasteiger partial charge in [-0.25, -0.2) is 0 Å². The number of hydrogen-bond acceptors (Lipinski definition) is 8. The number of likely N-dealkylation sites (N-methyl/N-ethyl adjacent to an activating group) is 1. The number of esters is 2. The fourth-order valence-electron chi connectivity index (χ4n) is 7.48. The first-order valence-corrected chi connectivity index (χ1v) is 27.6. The number of aliphatic carboxylic acids is 1. The van der Waals surface area contributed by atoms with Gasteiger partial charge < -0.3 is 33.3 Å². The Hall–Kier alpha value is -3.27. The molecule has 9 nitrogen and oxygen atoms in total. The minimum absolute atomic E-state index is 0.146. The van der Waals surface area contributed by atoms with E-state index in [0.29, 0.717) is 23.9 Å². The van der Waals surface area contributed by atoms with E-state index in [1.807, 2.05) is 21.1 Å². The molecule has 2 atom stereocenters. The molecule has 0 bridgehead atoms. The summed E-state index contributed by atoms with van der Waals surface area (Å²) >= 11 is 0. The van der Waals surface area contributed by atoms with Crippen LogP contribution in [0, 0.1) is 0 Å². The van der Waals surface area contributed by atoms with Crippen LogP contribution < -0.4 is 5.11 Å². The standard InChI is InChI=1S/C59H103NO8/c1-6-8-10-12-14-16-18-20-21-22-23-24-25-26-27-28-29-30-31-32-33-34-35-36-37-38-40-42-44-46-48-50-57(62)68-55(54-67-59(58(63)64)65-52-51-60(3,4)5)53-66-56(61)49-47-45-43-41-39-19-17-15-13-11-9-7-2/h8,10,14,16,20-21,23-24,26-27,29-30,55,59H,6-7,9,11-13,15,17-19,22,25,28,31-54H2,1-5H3/b10-8-,16-14-,21-20-,24-23-,27-26-,30-29-. The average molecular weight is 954 g/mol. The molecule has 0 radical (unpaired) electrons. The molecular formula is C59H103NO8. The van der Waals surface area contributed by atoms with Crippen molar-refractivity contribution < 1.29 is 42.9 Å². The molecule has 2 unspecified atom stereocenters. The number of ether oxygens (including phenoxy) is 4. The van der Waals surface area contributed by atoms with Crippen LogP contribution in [0.3, 0.4) is 0 Å². The maximum Gasteiger partial charge on any atom is 0.306 e. The maximum atomic E-state index is 12.8. The molecule has 0 aromatic rings. The molecule has 0 aromatic carbocycles. The third-order valence-corrected chi connectivity index (χ3v) is 11.7. The Morgan fingerprint density at radius 1 is 0.456 bits per heavy atom. The highest BCUT2D eigenvalue weighted by Crippen LogP contribution is 2.16. The molecule has 0 spiro atoms. The zero-order chi connectivity index (χ0) is 49.9. The molecule has 0 aliphatic rings. The first-order valence-electron chi connectivity index (χ1n) is 27.6. The van der Waals surface area contributed by atoms with E-state index < -0.39 is 24.3 Å². The number of carbonyl (C=O) groups is 3. The van der Waals surface area contributed by atoms with Crippen LogP contribution in [0.2, 0.25) is 0 Å². The van der Waals surface area contributed by atoms with E-state index in [2.05, 4.69) is 86.8 Å². The second-order valence-electron chi connectivity index (χ2n) is 19.5. The zero-order valence-electron chi connectivity index (χ0n) is 44.5. The van der Waals surface area contributed by atoms with Gasteiger partial charge in [0.15, 0.2) is 12.4 Å². The number of hydrogen-bond donors (Lipinski definition) is 0. The van der Waals surface area contributed by atoms with Crippen molar-refractivity contribution in [3.63, 3.8) is 0 Å². The number of carboxylic acids is 1. The monoisotopic (exact) mass is 954 g/mol. The maximum absolute atomic E-state index is 12.8. The molecule has 0 saturated carbocycles. The van der Waals surface area contributed by atoms with Gasteiger partial charge in [-0.1, -0.05) is 222 Å². The molecule has 0 aromatic heterocycles. The van der Waals surface area contributed by atoms with E-state index in [4.69, 9.17) is 18.9 Å². The molecule has 0 aliphatic carbocycles. The SMILES string of the molecule is CC/C=C\C/C=C\C/C=C\C/C=C\C/C=C\C/C=C\CCCCCCCCCCCCCCC(=O)OC(COC(=O)CCCCCCCCCCCCCC)COC(OCC[N+](C)(C)C)C(=O)[O-]. The van der Waals surface area contributed by atoms with Crippen molar-refractivity contribution in [1.82, 2.24) is 0 Å². The van der Waals surface area contributed by atoms with Gasteiger partial charge in [0.05, 0.1) is 40.3 Å². The molecule has 0 aliphatic heterocycles. The zero-order valence-corrected chi connectivity index (χ0v) is 44.5. The molecule has 68 heavy (non-hydrogen) atoms. The average Bonchev–Trinajstić information content (AvgIpc) is 3.30. The lowest BCUT2D eigenvalue weighted by Crippen LogP contribution is -2.44. The van der Waals surface area contributed by atoms with Crippen LogP contribution in [-0.4, -0.2) is 82.3 Å². The number of allylic oxidation sites excluding steroid dienone is 12. The lowest BCUT2D eigenvalue weighted by Gasteiger charge is -2.26. The van der Waals surface area contributed by atoms with Crippen molar-refractivity contribution in [1.29, 1.82) is 0 Å². The number of unbranched alkanes of at least 4 members (excludes halogenated alkanes) is 23. The van der Waals surface area contributed by atoms with Crippen LogP contribution in [-0.2, 0) is 33.3 Å². The predicted octanol–water partition coefficient (Wildman–Crippen LogP) is 14.5. The second-order valence-corrected chi connectivity index (χ2v) is 19.5. The smallest absolute Gasteiger partial charge is 0.306 e. The van der Waals surface area contributed by atoms with Gasteiger partial charge in [0.2, 0.25) is 0 Å². The molecule has 0 heterocycles. The Balaban J connectivity index is 4.17. The highest BCUT2D eigenvalue weighted by Gasteiger charge is 2.22. The molecule has 0 N–H and O–H groups in total. The molecular weight excluding hydrogens is 851 g/mol. The summed E-state index contributed by atoms with van der Waals surface area (Å²) in [6, 6.07) is 0. The fourth-order valence-corrected chi connectivity index (χ4v) is 7.48. The van der Waals surface area contributed by atoms with Gasteiger partial charge in [-0.15, -0.1) is 0 Å². The van der Waals surface area contributed by atoms with E-state index >= 15 is 0 Å². The Morgan fingerprint density at radius 2 is 0.838 bits per heavy atom. The highest BCUT2D eigenvalue weighted by atomic mass is 16.7. The predicted molar refractivity (Wildman–Crippen MR) is 283 cm³/mol. The van der Waals surface area contributed by atoms with E-state index in [-0.39, 0.29) is 32.2 Å². The Bertz CT molecular complexity index is 1340. The van der Waals surface area contributed by atoms with E-state index in [0.717, 1.165) is 77.0 Å². The third kappa shape index (κ3) is 50.6. The molecule has 392 valence electrons. The number of quaternary nitrogens is 1. The normalized spacial score (nSPS) is 13.4. The van der Waals surface area contributed by atoms with Crippen LogP contribution in [0.5, 0.6) is 0 Å². The van der Waals surface area contributed by atoms with Crippen molar-refractivity contribution >= 4 is 17.9 Å². The van der Waals surface area contributed by atoms with E-state index in [9.17, 15) is 19.5 Å². The number of carboxylic acid groups (broad SMARTS) is 1. The lowest BCUT2D eigenvalue weighted by atomic mass is 10.0. The molecule has 0 saturated heterocycles. The van der Waals surface area contributed by atoms with Crippen molar-refractivity contribution in [3.8, 4) is 0 Å². The number of carbonyl (C=O) groups excluding carboxylic acids is 3. The summed E-state index contributed by atoms with van der Waals surface area (Å²) in [7, 11) is 5.91. The summed E-state index contributed by atoms with van der Waals surface area (Å²) in [5, 5.41) is 11.7. The summed E-state index contributed by atoms with van der Waals surface area (Å²) in [6.45, 7) is 4.63. The van der Waals surface area contributed by atoms with Gasteiger partial charge in [0.1, 0.15) is 13.2 Å². The van der Waals surface area contributed by atoms with Gasteiger partial charge in [0, 0.05) is 12.8 Å². The molecule has 0 rings (SSSR count). The van der Waals surface area contributed by atoms with Gasteiger partial charge in [0.25, 0.3) is 0 Å². The fraction of sp³-hybridized carbons (Fsp3) is 0.746. The van der Waals surface area contributed by atoms with Crippen LogP contribution in [0.15, 0.2) is 72.9 Å². The molecule has 0 fully saturated rings. The summed E-state index contributed by atoms with van der Waals surface area (Å²) in [6.07, 6.45) is 60.9. The van der Waals surface area contributed by atoms with Crippen LogP contribution in [0.25, 0.3) is 0 Å². The molecule has 0 amide bonds. The first-order chi connectivity index (χ1) is 33.1. The Kier molecular flexibility index (Phi) is 47.7. The minimum Gasteiger partial charge on any atom is -0.545 e. The van der Waals surface area contributed by atoms with Crippen molar-refractivity contribution in [2.75, 3.05) is 47.5 Å². The summed E-state index contributed by atoms with van der Waals surface area (Å²) < 4.78 is 22.6. The second kappa shape index (κ2) is 50.1. The van der Waals surface area contributed by atoms with Crippen LogP contribution in [0.4, 0.5) is 0 Å². The van der Waals surface area contributed by atoms with E-state index in [1.165, 1.54) is 116 Å². The van der Waals surface area contributed by atoms with Crippen LogP contribution in [0.1, 0.15) is 226 Å². The van der Waals surface area contributed by atoms with Crippen molar-refractivity contribution in [2.45, 2.75) is 238 Å². The van der Waals surface area contributed by atoms with E-state index in [1.54, 1.807) is 0 Å². The summed E-state index contributed by atoms with van der Waals surface area (Å²) in [5.74, 6) is -2.28. The summed E-state index contributed by atoms with van der Waals surface area (Å²) in [5.41, 5.74) is 0. The lowest BCUT2D eigenvalue weighted by molar-refractivity contribution is -0.870. The third-order valence-electron chi connectivity index (χ3n) is 11.7. The van der Waals surface area contributed by atoms with Gasteiger partial charge in [-0.2, -0.15) is 0 Å². The number of nitrogens with zero attached hydrogens (tertiary/aromatic N) is 1. The van der Waals surface area contributed by atoms with Gasteiger partial charge >= 0.3 is 11.9 Å². The molecule has 9 heteroatoms. The highest BCUT2D eigenvalue weighted by molar-refractivity contribution is 5.70. The van der Waals surface area contributed by atoms with Gasteiger partial charge in [-0.3, -0.25) is 9.59 Å². The Morgan fingerprint density at radius 3 is 1.25 bits per heavy atom. The van der Waals surface area contributed by atoms with Crippen molar-refractivity contribution in [3.05, 3.63) is 72.9 Å². The Labute approximate surface area is 417 Å². The van der Waals surface area contributed by atoms with Crippen LogP contribution >= 0.6 is 0 Å². The summed E-state index contributed by atoms with van der Waals surface area (Å²) in [4.78, 5) is 37.1.